The molecule has 0 radical (unpaired) electrons. The van der Waals surface area contributed by atoms with Crippen molar-refractivity contribution < 1.29 is 29.3 Å². The number of ether oxygens (including phenoxy) is 2. The maximum atomic E-state index is 12.7. The zero-order valence-corrected chi connectivity index (χ0v) is 13.8. The van der Waals surface area contributed by atoms with Gasteiger partial charge in [0.2, 0.25) is 30.1 Å². The van der Waals surface area contributed by atoms with Crippen LogP contribution < -0.4 is 9.47 Å². The van der Waals surface area contributed by atoms with Crippen molar-refractivity contribution in [1.29, 1.82) is 0 Å². The van der Waals surface area contributed by atoms with Crippen LogP contribution >= 0.6 is 0 Å². The summed E-state index contributed by atoms with van der Waals surface area (Å²) in [5.41, 5.74) is 0.312. The standard InChI is InChI=1S/C19H12N2O6/c22-16-10-2-1-5-20-15(10)17(23)14-13(16)18(24)21(19(14)25)7-9-3-4-11-12(6-9)27-8-26-11/h1-6,24-25H,7-8H2. The van der Waals surface area contributed by atoms with Crippen molar-refractivity contribution in [2.24, 2.45) is 0 Å². The van der Waals surface area contributed by atoms with Crippen molar-refractivity contribution in [1.82, 2.24) is 9.55 Å². The van der Waals surface area contributed by atoms with Crippen molar-refractivity contribution in [3.05, 3.63) is 64.5 Å². The fourth-order valence-corrected chi connectivity index (χ4v) is 3.42. The third kappa shape index (κ3) is 2.06. The lowest BCUT2D eigenvalue weighted by Gasteiger charge is -2.12. The lowest BCUT2D eigenvalue weighted by molar-refractivity contribution is 0.0972. The number of benzene rings is 1. The van der Waals surface area contributed by atoms with Gasteiger partial charge in [-0.3, -0.25) is 19.1 Å². The minimum Gasteiger partial charge on any atom is -0.494 e. The van der Waals surface area contributed by atoms with E-state index in [1.807, 2.05) is 0 Å². The third-order valence-corrected chi connectivity index (χ3v) is 4.71. The number of aromatic nitrogens is 2. The van der Waals surface area contributed by atoms with Crippen LogP contribution in [0, 0.1) is 0 Å². The van der Waals surface area contributed by atoms with Crippen LogP contribution in [0.25, 0.3) is 0 Å². The van der Waals surface area contributed by atoms with Crippen LogP contribution in [-0.2, 0) is 6.54 Å². The molecule has 8 heteroatoms. The Morgan fingerprint density at radius 1 is 1.00 bits per heavy atom. The Bertz CT molecular complexity index is 1090. The average molecular weight is 364 g/mol. The Morgan fingerprint density at radius 2 is 1.74 bits per heavy atom. The minimum absolute atomic E-state index is 0.0334. The maximum absolute atomic E-state index is 12.7. The molecule has 0 spiro atoms. The van der Waals surface area contributed by atoms with Crippen molar-refractivity contribution in [3.8, 4) is 23.3 Å². The molecule has 1 aromatic carbocycles. The number of fused-ring (bicyclic) bond motifs is 3. The van der Waals surface area contributed by atoms with E-state index in [0.29, 0.717) is 17.1 Å². The van der Waals surface area contributed by atoms with E-state index in [9.17, 15) is 19.8 Å². The molecule has 1 aliphatic carbocycles. The summed E-state index contributed by atoms with van der Waals surface area (Å²) >= 11 is 0. The van der Waals surface area contributed by atoms with Gasteiger partial charge < -0.3 is 19.7 Å². The van der Waals surface area contributed by atoms with E-state index in [1.165, 1.54) is 18.3 Å². The molecule has 134 valence electrons. The summed E-state index contributed by atoms with van der Waals surface area (Å²) in [5.74, 6) is -0.941. The first-order valence-corrected chi connectivity index (χ1v) is 8.13. The van der Waals surface area contributed by atoms with Crippen LogP contribution in [0.2, 0.25) is 0 Å². The molecule has 3 heterocycles. The molecular weight excluding hydrogens is 352 g/mol. The summed E-state index contributed by atoms with van der Waals surface area (Å²) in [6, 6.07) is 8.17. The van der Waals surface area contributed by atoms with Gasteiger partial charge in [0.15, 0.2) is 11.5 Å². The van der Waals surface area contributed by atoms with Crippen LogP contribution in [0.15, 0.2) is 36.5 Å². The summed E-state index contributed by atoms with van der Waals surface area (Å²) in [4.78, 5) is 29.4. The van der Waals surface area contributed by atoms with E-state index in [-0.39, 0.29) is 35.7 Å². The molecule has 3 aromatic rings. The second-order valence-corrected chi connectivity index (χ2v) is 6.23. The van der Waals surface area contributed by atoms with Gasteiger partial charge in [-0.05, 0) is 29.8 Å². The van der Waals surface area contributed by atoms with E-state index in [1.54, 1.807) is 18.2 Å². The van der Waals surface area contributed by atoms with Crippen molar-refractivity contribution in [3.63, 3.8) is 0 Å². The number of carbonyl (C=O) groups is 2. The zero-order valence-electron chi connectivity index (χ0n) is 13.8. The van der Waals surface area contributed by atoms with Gasteiger partial charge in [-0.2, -0.15) is 0 Å². The topological polar surface area (TPSA) is 111 Å². The highest BCUT2D eigenvalue weighted by molar-refractivity contribution is 6.29. The van der Waals surface area contributed by atoms with E-state index in [2.05, 4.69) is 4.98 Å². The minimum atomic E-state index is -0.600. The second kappa shape index (κ2) is 5.34. The Labute approximate surface area is 152 Å². The summed E-state index contributed by atoms with van der Waals surface area (Å²) in [7, 11) is 0. The SMILES string of the molecule is O=C1c2cccnc2C(=O)c2c1c(O)n(Cc1ccc3c(c1)OCO3)c2O. The Morgan fingerprint density at radius 3 is 2.56 bits per heavy atom. The van der Waals surface area contributed by atoms with Crippen LogP contribution in [0.4, 0.5) is 0 Å². The smallest absolute Gasteiger partial charge is 0.231 e. The molecule has 5 rings (SSSR count). The number of hydrogen-bond acceptors (Lipinski definition) is 7. The maximum Gasteiger partial charge on any atom is 0.231 e. The summed E-state index contributed by atoms with van der Waals surface area (Å²) in [6.45, 7) is 0.160. The first kappa shape index (κ1) is 15.4. The van der Waals surface area contributed by atoms with Crippen LogP contribution in [0.3, 0.4) is 0 Å². The number of carbonyl (C=O) groups excluding carboxylic acids is 2. The van der Waals surface area contributed by atoms with E-state index in [4.69, 9.17) is 9.47 Å². The van der Waals surface area contributed by atoms with Crippen LogP contribution in [0.1, 0.15) is 37.5 Å². The number of pyridine rings is 1. The van der Waals surface area contributed by atoms with Gasteiger partial charge in [-0.25, -0.2) is 0 Å². The van der Waals surface area contributed by atoms with Gasteiger partial charge in [0.25, 0.3) is 0 Å². The van der Waals surface area contributed by atoms with E-state index in [0.717, 1.165) is 4.57 Å². The number of ketones is 2. The quantitative estimate of drug-likeness (QED) is 0.558. The van der Waals surface area contributed by atoms with E-state index >= 15 is 0 Å². The number of aromatic hydroxyl groups is 2. The Balaban J connectivity index is 1.62. The molecule has 0 fully saturated rings. The first-order chi connectivity index (χ1) is 13.1. The lowest BCUT2D eigenvalue weighted by atomic mass is 9.89. The summed E-state index contributed by atoms with van der Waals surface area (Å²) < 4.78 is 11.7. The highest BCUT2D eigenvalue weighted by atomic mass is 16.7. The van der Waals surface area contributed by atoms with Gasteiger partial charge in [0, 0.05) is 6.20 Å². The van der Waals surface area contributed by atoms with Gasteiger partial charge in [0.05, 0.1) is 17.7 Å². The highest BCUT2D eigenvalue weighted by Gasteiger charge is 2.39. The monoisotopic (exact) mass is 364 g/mol. The Kier molecular flexibility index (Phi) is 3.06. The molecule has 1 aliphatic heterocycles. The molecule has 2 N–H and O–H groups in total. The molecule has 0 saturated heterocycles. The van der Waals surface area contributed by atoms with Gasteiger partial charge >= 0.3 is 0 Å². The number of rotatable bonds is 2. The molecular formula is C19H12N2O6. The number of hydrogen-bond donors (Lipinski definition) is 2. The highest BCUT2D eigenvalue weighted by Crippen LogP contribution is 2.41. The van der Waals surface area contributed by atoms with Crippen LogP contribution in [-0.4, -0.2) is 38.1 Å². The first-order valence-electron chi connectivity index (χ1n) is 8.13. The molecule has 27 heavy (non-hydrogen) atoms. The molecule has 0 saturated carbocycles. The second-order valence-electron chi connectivity index (χ2n) is 6.23. The van der Waals surface area contributed by atoms with Crippen molar-refractivity contribution in [2.45, 2.75) is 6.54 Å². The average Bonchev–Trinajstić information content (AvgIpc) is 3.24. The molecule has 8 nitrogen and oxygen atoms in total. The number of nitrogens with zero attached hydrogens (tertiary/aromatic N) is 2. The zero-order chi connectivity index (χ0) is 18.7. The Hall–Kier alpha value is -3.81. The van der Waals surface area contributed by atoms with Crippen LogP contribution in [0.5, 0.6) is 23.3 Å². The van der Waals surface area contributed by atoms with Gasteiger partial charge in [-0.1, -0.05) is 6.07 Å². The van der Waals surface area contributed by atoms with E-state index < -0.39 is 23.3 Å². The van der Waals surface area contributed by atoms with Crippen molar-refractivity contribution in [2.75, 3.05) is 6.79 Å². The fraction of sp³-hybridized carbons (Fsp3) is 0.105. The molecule has 0 bridgehead atoms. The fourth-order valence-electron chi connectivity index (χ4n) is 3.42. The molecule has 2 aromatic heterocycles. The molecule has 2 aliphatic rings. The predicted molar refractivity (Wildman–Crippen MR) is 90.5 cm³/mol. The van der Waals surface area contributed by atoms with Gasteiger partial charge in [0.1, 0.15) is 11.3 Å². The van der Waals surface area contributed by atoms with Crippen molar-refractivity contribution >= 4 is 11.6 Å². The van der Waals surface area contributed by atoms with Gasteiger partial charge in [-0.15, -0.1) is 0 Å². The molecule has 0 unspecified atom stereocenters. The predicted octanol–water partition coefficient (Wildman–Crippen LogP) is 1.85. The third-order valence-electron chi connectivity index (χ3n) is 4.71. The molecule has 0 atom stereocenters. The summed E-state index contributed by atoms with van der Waals surface area (Å²) in [5, 5.41) is 21.1. The normalized spacial score (nSPS) is 14.2. The lowest BCUT2D eigenvalue weighted by Crippen LogP contribution is -2.20. The molecule has 0 amide bonds. The summed E-state index contributed by atoms with van der Waals surface area (Å²) in [6.07, 6.45) is 1.40. The largest absolute Gasteiger partial charge is 0.494 e.